The summed E-state index contributed by atoms with van der Waals surface area (Å²) >= 11 is 0. The van der Waals surface area contributed by atoms with Crippen LogP contribution in [0.15, 0.2) is 115 Å². The van der Waals surface area contributed by atoms with Crippen LogP contribution >= 0.6 is 0 Å². The smallest absolute Gasteiger partial charge is 0.222 e. The van der Waals surface area contributed by atoms with Crippen molar-refractivity contribution < 1.29 is 4.74 Å². The molecule has 0 saturated carbocycles. The van der Waals surface area contributed by atoms with Crippen molar-refractivity contribution >= 4 is 34.0 Å². The minimum absolute atomic E-state index is 0.175. The van der Waals surface area contributed by atoms with Gasteiger partial charge in [0.2, 0.25) is 5.95 Å². The highest BCUT2D eigenvalue weighted by molar-refractivity contribution is 5.95. The molecule has 7 nitrogen and oxygen atoms in total. The van der Waals surface area contributed by atoms with Crippen molar-refractivity contribution in [3.05, 3.63) is 121 Å². The monoisotopic (exact) mass is 510 g/mol. The summed E-state index contributed by atoms with van der Waals surface area (Å²) in [5.74, 6) is 1.53. The van der Waals surface area contributed by atoms with Crippen LogP contribution in [0.5, 0.6) is 5.75 Å². The van der Waals surface area contributed by atoms with Gasteiger partial charge >= 0.3 is 0 Å². The second-order valence-corrected chi connectivity index (χ2v) is 9.11. The SMILES string of the molecule is Nc1nc(Nc2ccc3nc(-c4ccccc4)cc(N)c3c2)cc(-c2ccc(OCc3ccccc3)cc2)n1. The average Bonchev–Trinajstić information content (AvgIpc) is 2.97. The molecule has 0 spiro atoms. The fourth-order valence-corrected chi connectivity index (χ4v) is 4.37. The van der Waals surface area contributed by atoms with E-state index in [4.69, 9.17) is 21.2 Å². The Morgan fingerprint density at radius 3 is 2.10 bits per heavy atom. The summed E-state index contributed by atoms with van der Waals surface area (Å²) in [5.41, 5.74) is 19.4. The van der Waals surface area contributed by atoms with Gasteiger partial charge in [0.25, 0.3) is 0 Å². The van der Waals surface area contributed by atoms with Crippen LogP contribution in [0.3, 0.4) is 0 Å². The maximum Gasteiger partial charge on any atom is 0.222 e. The molecule has 0 saturated heterocycles. The molecule has 6 rings (SSSR count). The third kappa shape index (κ3) is 5.47. The van der Waals surface area contributed by atoms with Gasteiger partial charge in [0.15, 0.2) is 0 Å². The van der Waals surface area contributed by atoms with Gasteiger partial charge in [0.1, 0.15) is 18.2 Å². The lowest BCUT2D eigenvalue weighted by molar-refractivity contribution is 0.306. The molecular formula is C32H26N6O. The Kier molecular flexibility index (Phi) is 6.45. The Labute approximate surface area is 226 Å². The van der Waals surface area contributed by atoms with Crippen molar-refractivity contribution in [1.82, 2.24) is 15.0 Å². The number of pyridine rings is 1. The number of fused-ring (bicyclic) bond motifs is 1. The zero-order valence-corrected chi connectivity index (χ0v) is 21.1. The number of nitrogens with zero attached hydrogens (tertiary/aromatic N) is 3. The molecule has 0 atom stereocenters. The van der Waals surface area contributed by atoms with E-state index in [1.807, 2.05) is 115 Å². The van der Waals surface area contributed by atoms with Crippen molar-refractivity contribution in [2.75, 3.05) is 16.8 Å². The summed E-state index contributed by atoms with van der Waals surface area (Å²) in [4.78, 5) is 13.6. The van der Waals surface area contributed by atoms with Gasteiger partial charge in [-0.3, -0.25) is 0 Å². The van der Waals surface area contributed by atoms with Crippen LogP contribution in [-0.4, -0.2) is 15.0 Å². The molecule has 0 radical (unpaired) electrons. The molecule has 190 valence electrons. The number of hydrogen-bond donors (Lipinski definition) is 3. The first-order chi connectivity index (χ1) is 19.1. The highest BCUT2D eigenvalue weighted by Crippen LogP contribution is 2.30. The highest BCUT2D eigenvalue weighted by atomic mass is 16.5. The number of rotatable bonds is 7. The first kappa shape index (κ1) is 23.9. The van der Waals surface area contributed by atoms with Crippen molar-refractivity contribution in [1.29, 1.82) is 0 Å². The second-order valence-electron chi connectivity index (χ2n) is 9.11. The van der Waals surface area contributed by atoms with Gasteiger partial charge in [0.05, 0.1) is 16.9 Å². The number of nitrogen functional groups attached to an aromatic ring is 2. The van der Waals surface area contributed by atoms with Crippen LogP contribution in [-0.2, 0) is 6.61 Å². The Morgan fingerprint density at radius 1 is 0.641 bits per heavy atom. The zero-order chi connectivity index (χ0) is 26.6. The number of aromatic nitrogens is 3. The second kappa shape index (κ2) is 10.5. The first-order valence-corrected chi connectivity index (χ1v) is 12.6. The van der Waals surface area contributed by atoms with E-state index in [9.17, 15) is 0 Å². The average molecular weight is 511 g/mol. The van der Waals surface area contributed by atoms with E-state index >= 15 is 0 Å². The molecule has 4 aromatic carbocycles. The third-order valence-electron chi connectivity index (χ3n) is 6.32. The summed E-state index contributed by atoms with van der Waals surface area (Å²) in [6.07, 6.45) is 0. The summed E-state index contributed by atoms with van der Waals surface area (Å²) in [6.45, 7) is 0.508. The summed E-state index contributed by atoms with van der Waals surface area (Å²) < 4.78 is 5.90. The van der Waals surface area contributed by atoms with E-state index in [1.54, 1.807) is 0 Å². The molecule has 6 aromatic rings. The molecule has 0 aliphatic heterocycles. The first-order valence-electron chi connectivity index (χ1n) is 12.6. The van der Waals surface area contributed by atoms with Crippen LogP contribution in [0.25, 0.3) is 33.4 Å². The Hall–Kier alpha value is -5.43. The lowest BCUT2D eigenvalue weighted by Gasteiger charge is -2.12. The Bertz CT molecular complexity index is 1740. The Morgan fingerprint density at radius 2 is 1.33 bits per heavy atom. The van der Waals surface area contributed by atoms with Crippen molar-refractivity contribution in [2.24, 2.45) is 0 Å². The molecule has 0 unspecified atom stereocenters. The van der Waals surface area contributed by atoms with Crippen LogP contribution in [0.2, 0.25) is 0 Å². The zero-order valence-electron chi connectivity index (χ0n) is 21.1. The lowest BCUT2D eigenvalue weighted by atomic mass is 10.1. The van der Waals surface area contributed by atoms with Gasteiger partial charge in [0, 0.05) is 34.0 Å². The predicted octanol–water partition coefficient (Wildman–Crippen LogP) is 6.85. The van der Waals surface area contributed by atoms with E-state index in [2.05, 4.69) is 15.3 Å². The quantitative estimate of drug-likeness (QED) is 0.215. The third-order valence-corrected chi connectivity index (χ3v) is 6.32. The van der Waals surface area contributed by atoms with Crippen LogP contribution in [0.4, 0.5) is 23.1 Å². The minimum Gasteiger partial charge on any atom is -0.489 e. The fourth-order valence-electron chi connectivity index (χ4n) is 4.37. The summed E-state index contributed by atoms with van der Waals surface area (Å²) in [6, 6.07) is 37.4. The van der Waals surface area contributed by atoms with Crippen molar-refractivity contribution in [3.63, 3.8) is 0 Å². The Balaban J connectivity index is 1.21. The molecule has 0 aliphatic rings. The molecule has 5 N–H and O–H groups in total. The standard InChI is InChI=1S/C32H26N6O/c33-27-18-29(22-9-5-2-6-10-22)36-28-16-13-24(17-26(27)28)35-31-19-30(37-32(34)38-31)23-11-14-25(15-12-23)39-20-21-7-3-1-4-8-21/h1-19H,20H2,(H2,33,36)(H3,34,35,37,38). The van der Waals surface area contributed by atoms with E-state index in [0.717, 1.165) is 44.7 Å². The molecular weight excluding hydrogens is 484 g/mol. The normalized spacial score (nSPS) is 10.9. The number of ether oxygens (including phenoxy) is 1. The van der Waals surface area contributed by atoms with Crippen LogP contribution < -0.4 is 21.5 Å². The van der Waals surface area contributed by atoms with Gasteiger partial charge in [-0.05, 0) is 54.1 Å². The summed E-state index contributed by atoms with van der Waals surface area (Å²) in [7, 11) is 0. The van der Waals surface area contributed by atoms with Crippen LogP contribution in [0, 0.1) is 0 Å². The molecule has 0 aliphatic carbocycles. The molecule has 0 fully saturated rings. The van der Waals surface area contributed by atoms with Gasteiger partial charge in [-0.1, -0.05) is 60.7 Å². The maximum absolute atomic E-state index is 6.42. The predicted molar refractivity (Wildman–Crippen MR) is 158 cm³/mol. The lowest BCUT2D eigenvalue weighted by Crippen LogP contribution is -2.02. The minimum atomic E-state index is 0.175. The van der Waals surface area contributed by atoms with Gasteiger partial charge in [-0.15, -0.1) is 0 Å². The largest absolute Gasteiger partial charge is 0.489 e. The van der Waals surface area contributed by atoms with Crippen molar-refractivity contribution in [2.45, 2.75) is 6.61 Å². The number of hydrogen-bond acceptors (Lipinski definition) is 7. The molecule has 2 heterocycles. The number of benzene rings is 4. The fraction of sp³-hybridized carbons (Fsp3) is 0.0312. The number of nitrogens with two attached hydrogens (primary N) is 2. The summed E-state index contributed by atoms with van der Waals surface area (Å²) in [5, 5.41) is 4.19. The number of anilines is 4. The number of nitrogens with one attached hydrogen (secondary N) is 1. The molecule has 0 bridgehead atoms. The van der Waals surface area contributed by atoms with Crippen molar-refractivity contribution in [3.8, 4) is 28.3 Å². The van der Waals surface area contributed by atoms with E-state index in [0.29, 0.717) is 23.8 Å². The molecule has 39 heavy (non-hydrogen) atoms. The highest BCUT2D eigenvalue weighted by Gasteiger charge is 2.10. The van der Waals surface area contributed by atoms with Gasteiger partial charge in [-0.25, -0.2) is 9.97 Å². The molecule has 2 aromatic heterocycles. The molecule has 7 heteroatoms. The van der Waals surface area contributed by atoms with E-state index < -0.39 is 0 Å². The van der Waals surface area contributed by atoms with Crippen LogP contribution in [0.1, 0.15) is 5.56 Å². The molecule has 0 amide bonds. The van der Waals surface area contributed by atoms with E-state index in [-0.39, 0.29) is 5.95 Å². The van der Waals surface area contributed by atoms with E-state index in [1.165, 1.54) is 0 Å². The topological polar surface area (TPSA) is 112 Å². The van der Waals surface area contributed by atoms with Gasteiger partial charge in [-0.2, -0.15) is 4.98 Å². The van der Waals surface area contributed by atoms with Gasteiger partial charge < -0.3 is 21.5 Å². The maximum atomic E-state index is 6.42.